The first-order valence-corrected chi connectivity index (χ1v) is 12.3. The van der Waals surface area contributed by atoms with Gasteiger partial charge < -0.3 is 24.9 Å². The molecule has 0 saturated carbocycles. The lowest BCUT2D eigenvalue weighted by Gasteiger charge is -2.30. The molecule has 0 radical (unpaired) electrons. The van der Waals surface area contributed by atoms with Crippen molar-refractivity contribution in [2.75, 3.05) is 27.0 Å². The van der Waals surface area contributed by atoms with Gasteiger partial charge in [0.2, 0.25) is 11.8 Å². The van der Waals surface area contributed by atoms with Gasteiger partial charge in [0, 0.05) is 13.2 Å². The van der Waals surface area contributed by atoms with E-state index in [9.17, 15) is 14.4 Å². The summed E-state index contributed by atoms with van der Waals surface area (Å²) in [5, 5.41) is 8.60. The molecule has 0 saturated heterocycles. The number of hydrogen-bond acceptors (Lipinski definition) is 8. The van der Waals surface area contributed by atoms with E-state index in [1.807, 2.05) is 52.3 Å². The third-order valence-corrected chi connectivity index (χ3v) is 6.42. The minimum Gasteiger partial charge on any atom is -0.375 e. The fraction of sp³-hybridized carbons (Fsp3) is 0.520. The average Bonchev–Trinajstić information content (AvgIpc) is 3.24. The Morgan fingerprint density at radius 2 is 1.89 bits per heavy atom. The summed E-state index contributed by atoms with van der Waals surface area (Å²) in [5.41, 5.74) is 4.53. The van der Waals surface area contributed by atoms with Crippen molar-refractivity contribution in [2.24, 2.45) is 5.41 Å². The second kappa shape index (κ2) is 13.4. The SMILES string of the molecule is COCC(=O)N[C@H](C(=O)NCC(C=O)OCN[C@@H](C)c1ccc(-c2scnc2C)cc1)C(C)(C)C. The quantitative estimate of drug-likeness (QED) is 0.283. The zero-order valence-corrected chi connectivity index (χ0v) is 22.0. The number of nitrogens with zero attached hydrogens (tertiary/aromatic N) is 1. The van der Waals surface area contributed by atoms with Crippen LogP contribution < -0.4 is 16.0 Å². The third kappa shape index (κ3) is 8.81. The Morgan fingerprint density at radius 3 is 2.43 bits per heavy atom. The molecule has 0 aliphatic rings. The highest BCUT2D eigenvalue weighted by Gasteiger charge is 2.32. The predicted molar refractivity (Wildman–Crippen MR) is 136 cm³/mol. The number of carbonyl (C=O) groups excluding carboxylic acids is 3. The Labute approximate surface area is 211 Å². The molecule has 1 aromatic carbocycles. The van der Waals surface area contributed by atoms with Crippen LogP contribution in [0.3, 0.4) is 0 Å². The number of amides is 2. The van der Waals surface area contributed by atoms with E-state index in [4.69, 9.17) is 9.47 Å². The highest BCUT2D eigenvalue weighted by Crippen LogP contribution is 2.28. The molecule has 2 rings (SSSR count). The zero-order chi connectivity index (χ0) is 26.0. The summed E-state index contributed by atoms with van der Waals surface area (Å²) in [5.74, 6) is -0.783. The van der Waals surface area contributed by atoms with E-state index in [-0.39, 0.29) is 31.8 Å². The number of rotatable bonds is 13. The van der Waals surface area contributed by atoms with Crippen molar-refractivity contribution in [3.63, 3.8) is 0 Å². The van der Waals surface area contributed by atoms with Crippen LogP contribution in [0, 0.1) is 12.3 Å². The highest BCUT2D eigenvalue weighted by molar-refractivity contribution is 7.13. The third-order valence-electron chi connectivity index (χ3n) is 5.44. The van der Waals surface area contributed by atoms with Gasteiger partial charge in [-0.3, -0.25) is 14.9 Å². The van der Waals surface area contributed by atoms with E-state index < -0.39 is 23.5 Å². The molecule has 10 heteroatoms. The predicted octanol–water partition coefficient (Wildman–Crippen LogP) is 2.60. The number of hydrogen-bond donors (Lipinski definition) is 3. The first kappa shape index (κ1) is 28.6. The molecular weight excluding hydrogens is 468 g/mol. The van der Waals surface area contributed by atoms with Crippen molar-refractivity contribution in [3.8, 4) is 10.4 Å². The first-order valence-electron chi connectivity index (χ1n) is 11.4. The maximum atomic E-state index is 12.7. The molecule has 0 fully saturated rings. The summed E-state index contributed by atoms with van der Waals surface area (Å²) in [6.45, 7) is 9.50. The molecule has 1 unspecified atom stereocenters. The van der Waals surface area contributed by atoms with E-state index in [0.29, 0.717) is 6.29 Å². The topological polar surface area (TPSA) is 119 Å². The molecule has 3 N–H and O–H groups in total. The van der Waals surface area contributed by atoms with Gasteiger partial charge >= 0.3 is 0 Å². The molecule has 35 heavy (non-hydrogen) atoms. The van der Waals surface area contributed by atoms with E-state index in [2.05, 4.69) is 33.1 Å². The maximum absolute atomic E-state index is 12.7. The van der Waals surface area contributed by atoms with Crippen LogP contribution in [0.4, 0.5) is 0 Å². The molecule has 2 amide bonds. The van der Waals surface area contributed by atoms with Gasteiger partial charge in [0.15, 0.2) is 6.29 Å². The van der Waals surface area contributed by atoms with Crippen LogP contribution in [0.15, 0.2) is 29.8 Å². The number of carbonyl (C=O) groups is 3. The second-order valence-electron chi connectivity index (χ2n) is 9.34. The van der Waals surface area contributed by atoms with Crippen LogP contribution in [-0.4, -0.2) is 62.2 Å². The normalized spacial score (nSPS) is 14.1. The summed E-state index contributed by atoms with van der Waals surface area (Å²) in [4.78, 5) is 41.5. The van der Waals surface area contributed by atoms with Gasteiger partial charge in [0.05, 0.1) is 29.4 Å². The summed E-state index contributed by atoms with van der Waals surface area (Å²) < 4.78 is 10.4. The molecule has 192 valence electrons. The molecule has 3 atom stereocenters. The Hall–Kier alpha value is -2.66. The number of ether oxygens (including phenoxy) is 2. The van der Waals surface area contributed by atoms with Gasteiger partial charge in [0.25, 0.3) is 0 Å². The van der Waals surface area contributed by atoms with Crippen LogP contribution in [0.2, 0.25) is 0 Å². The molecule has 0 spiro atoms. The van der Waals surface area contributed by atoms with Crippen molar-refractivity contribution in [3.05, 3.63) is 41.0 Å². The minimum absolute atomic E-state index is 0.00484. The smallest absolute Gasteiger partial charge is 0.246 e. The molecule has 2 aromatic rings. The van der Waals surface area contributed by atoms with Gasteiger partial charge in [-0.2, -0.15) is 0 Å². The summed E-state index contributed by atoms with van der Waals surface area (Å²) in [6.07, 6.45) is -0.181. The van der Waals surface area contributed by atoms with Crippen LogP contribution >= 0.6 is 11.3 Å². The van der Waals surface area contributed by atoms with E-state index in [1.165, 1.54) is 7.11 Å². The van der Waals surface area contributed by atoms with Crippen LogP contribution in [0.1, 0.15) is 45.0 Å². The second-order valence-corrected chi connectivity index (χ2v) is 10.2. The molecule has 9 nitrogen and oxygen atoms in total. The van der Waals surface area contributed by atoms with Gasteiger partial charge in [-0.25, -0.2) is 4.98 Å². The average molecular weight is 505 g/mol. The Bertz CT molecular complexity index is 971. The molecule has 1 aromatic heterocycles. The maximum Gasteiger partial charge on any atom is 0.246 e. The van der Waals surface area contributed by atoms with Crippen molar-refractivity contribution >= 4 is 29.4 Å². The van der Waals surface area contributed by atoms with Gasteiger partial charge in [-0.15, -0.1) is 11.3 Å². The fourth-order valence-corrected chi connectivity index (χ4v) is 4.17. The lowest BCUT2D eigenvalue weighted by atomic mass is 9.86. The summed E-state index contributed by atoms with van der Waals surface area (Å²) in [7, 11) is 1.41. The number of nitrogens with one attached hydrogen (secondary N) is 3. The number of methoxy groups -OCH3 is 1. The standard InChI is InChI=1S/C25H36N4O5S/c1-16(18-7-9-19(10-8-18)22-17(2)28-15-35-22)27-14-34-20(12-30)11-26-24(32)23(25(3,4)5)29-21(31)13-33-6/h7-10,12,15-16,20,23,27H,11,13-14H2,1-6H3,(H,26,32)(H,29,31)/t16-,20?,23+/m0/s1. The fourth-order valence-electron chi connectivity index (χ4n) is 3.36. The molecule has 0 aliphatic heterocycles. The number of thiazole rings is 1. The molecule has 0 aliphatic carbocycles. The zero-order valence-electron chi connectivity index (χ0n) is 21.2. The lowest BCUT2D eigenvalue weighted by Crippen LogP contribution is -2.55. The van der Waals surface area contributed by atoms with Crippen LogP contribution in [0.5, 0.6) is 0 Å². The largest absolute Gasteiger partial charge is 0.375 e. The van der Waals surface area contributed by atoms with E-state index >= 15 is 0 Å². The van der Waals surface area contributed by atoms with E-state index in [1.54, 1.807) is 11.3 Å². The summed E-state index contributed by atoms with van der Waals surface area (Å²) >= 11 is 1.61. The van der Waals surface area contributed by atoms with Crippen LogP contribution in [-0.2, 0) is 23.9 Å². The number of aromatic nitrogens is 1. The number of aryl methyl sites for hydroxylation is 1. The van der Waals surface area contributed by atoms with Crippen molar-refractivity contribution < 1.29 is 23.9 Å². The monoisotopic (exact) mass is 504 g/mol. The number of aldehydes is 1. The van der Waals surface area contributed by atoms with Crippen molar-refractivity contribution in [1.29, 1.82) is 0 Å². The molecule has 0 bridgehead atoms. The van der Waals surface area contributed by atoms with Crippen molar-refractivity contribution in [1.82, 2.24) is 20.9 Å². The highest BCUT2D eigenvalue weighted by atomic mass is 32.1. The minimum atomic E-state index is -0.828. The van der Waals surface area contributed by atoms with Gasteiger partial charge in [-0.1, -0.05) is 45.0 Å². The summed E-state index contributed by atoms with van der Waals surface area (Å²) in [6, 6.07) is 7.44. The molecular formula is C25H36N4O5S. The lowest BCUT2D eigenvalue weighted by molar-refractivity contribution is -0.134. The van der Waals surface area contributed by atoms with Crippen LogP contribution in [0.25, 0.3) is 10.4 Å². The van der Waals surface area contributed by atoms with Gasteiger partial charge in [-0.05, 0) is 30.4 Å². The Kier molecular flexibility index (Phi) is 11.0. The van der Waals surface area contributed by atoms with Crippen molar-refractivity contribution in [2.45, 2.75) is 52.8 Å². The Balaban J connectivity index is 1.83. The van der Waals surface area contributed by atoms with Gasteiger partial charge in [0.1, 0.15) is 18.8 Å². The Morgan fingerprint density at radius 1 is 1.20 bits per heavy atom. The first-order chi connectivity index (χ1) is 16.6. The molecule has 1 heterocycles. The number of benzene rings is 1. The van der Waals surface area contributed by atoms with E-state index in [0.717, 1.165) is 21.7 Å².